The van der Waals surface area contributed by atoms with E-state index in [1.165, 1.54) is 4.31 Å². The fourth-order valence-electron chi connectivity index (χ4n) is 1.66. The van der Waals surface area contributed by atoms with Gasteiger partial charge in [0.25, 0.3) is 10.2 Å². The number of nitrogens with one attached hydrogen (secondary N) is 1. The minimum absolute atomic E-state index is 0.411. The van der Waals surface area contributed by atoms with Gasteiger partial charge in [0.15, 0.2) is 0 Å². The Hall–Kier alpha value is -1.44. The Bertz CT molecular complexity index is 525. The number of aliphatic carboxylic acids is 1. The highest BCUT2D eigenvalue weighted by Crippen LogP contribution is 2.17. The fraction of sp³-hybridized carbons (Fsp3) is 0.364. The maximum Gasteiger partial charge on any atom is 0.326 e. The molecule has 0 saturated carbocycles. The number of carboxylic acids is 1. The molecule has 0 spiro atoms. The van der Waals surface area contributed by atoms with E-state index in [-0.39, 0.29) is 0 Å². The molecule has 0 aliphatic carbocycles. The van der Waals surface area contributed by atoms with Gasteiger partial charge in [-0.3, -0.25) is 4.79 Å². The molecule has 0 bridgehead atoms. The zero-order chi connectivity index (χ0) is 13.2. The quantitative estimate of drug-likeness (QED) is 0.808. The highest BCUT2D eigenvalue weighted by Gasteiger charge is 2.32. The predicted octanol–water partition coefficient (Wildman–Crippen LogP) is 0.352. The molecular formula is C11H14N2O4S. The maximum absolute atomic E-state index is 11.9. The van der Waals surface area contributed by atoms with Crippen LogP contribution >= 0.6 is 0 Å². The van der Waals surface area contributed by atoms with Crippen LogP contribution in [-0.4, -0.2) is 36.9 Å². The fourth-order valence-corrected chi connectivity index (χ4v) is 3.08. The lowest BCUT2D eigenvalue weighted by Crippen LogP contribution is -2.50. The summed E-state index contributed by atoms with van der Waals surface area (Å²) < 4.78 is 27.1. The summed E-state index contributed by atoms with van der Waals surface area (Å²) in [6.45, 7) is 0.882. The number of carbonyl (C=O) groups is 1. The topological polar surface area (TPSA) is 86.7 Å². The van der Waals surface area contributed by atoms with Crippen LogP contribution < -0.4 is 4.72 Å². The lowest BCUT2D eigenvalue weighted by Gasteiger charge is -2.30. The van der Waals surface area contributed by atoms with Crippen LogP contribution in [0.4, 0.5) is 0 Å². The molecule has 0 amide bonds. The van der Waals surface area contributed by atoms with Crippen molar-refractivity contribution in [1.29, 1.82) is 0 Å². The first kappa shape index (κ1) is 13.0. The van der Waals surface area contributed by atoms with Gasteiger partial charge < -0.3 is 5.11 Å². The van der Waals surface area contributed by atoms with E-state index in [0.29, 0.717) is 18.7 Å². The lowest BCUT2D eigenvalue weighted by molar-refractivity contribution is -0.139. The summed E-state index contributed by atoms with van der Waals surface area (Å²) in [6, 6.07) is 6.99. The van der Waals surface area contributed by atoms with E-state index in [2.05, 4.69) is 4.72 Å². The number of hydrogen-bond acceptors (Lipinski definition) is 3. The standard InChI is InChI=1S/C11H14N2O4S/c14-11(15)10(9-5-2-1-3-6-9)12-18(16,17)13-7-4-8-13/h1-3,5-6,10,12H,4,7-8H2,(H,14,15)/t10-/m1/s1. The Morgan fingerprint density at radius 1 is 1.28 bits per heavy atom. The molecule has 1 atom stereocenters. The highest BCUT2D eigenvalue weighted by atomic mass is 32.2. The van der Waals surface area contributed by atoms with Crippen molar-refractivity contribution in [2.75, 3.05) is 13.1 Å². The number of rotatable bonds is 5. The molecule has 0 radical (unpaired) electrons. The van der Waals surface area contributed by atoms with Crippen molar-refractivity contribution in [3.63, 3.8) is 0 Å². The summed E-state index contributed by atoms with van der Waals surface area (Å²) in [5.41, 5.74) is 0.411. The van der Waals surface area contributed by atoms with Crippen molar-refractivity contribution in [2.45, 2.75) is 12.5 Å². The van der Waals surface area contributed by atoms with Gasteiger partial charge in [0.2, 0.25) is 0 Å². The van der Waals surface area contributed by atoms with Crippen LogP contribution in [-0.2, 0) is 15.0 Å². The largest absolute Gasteiger partial charge is 0.480 e. The van der Waals surface area contributed by atoms with E-state index in [1.807, 2.05) is 0 Å². The molecule has 1 aromatic carbocycles. The van der Waals surface area contributed by atoms with E-state index in [9.17, 15) is 13.2 Å². The summed E-state index contributed by atoms with van der Waals surface area (Å²) in [7, 11) is -3.71. The number of benzene rings is 1. The average Bonchev–Trinajstić information content (AvgIpc) is 2.24. The molecule has 98 valence electrons. The molecule has 1 aliphatic rings. The Morgan fingerprint density at radius 3 is 2.33 bits per heavy atom. The number of carboxylic acid groups (broad SMARTS) is 1. The second kappa shape index (κ2) is 5.05. The molecule has 1 aromatic rings. The molecule has 7 heteroatoms. The van der Waals surface area contributed by atoms with Crippen molar-refractivity contribution >= 4 is 16.2 Å². The normalized spacial score (nSPS) is 18.0. The van der Waals surface area contributed by atoms with Gasteiger partial charge in [0.05, 0.1) is 0 Å². The third-order valence-electron chi connectivity index (χ3n) is 2.80. The van der Waals surface area contributed by atoms with Gasteiger partial charge in [0, 0.05) is 13.1 Å². The Morgan fingerprint density at radius 2 is 1.89 bits per heavy atom. The van der Waals surface area contributed by atoms with Crippen LogP contribution in [0.15, 0.2) is 30.3 Å². The van der Waals surface area contributed by atoms with E-state index in [0.717, 1.165) is 6.42 Å². The van der Waals surface area contributed by atoms with E-state index in [1.54, 1.807) is 30.3 Å². The van der Waals surface area contributed by atoms with Crippen LogP contribution in [0.2, 0.25) is 0 Å². The Labute approximate surface area is 105 Å². The monoisotopic (exact) mass is 270 g/mol. The zero-order valence-corrected chi connectivity index (χ0v) is 10.4. The molecule has 1 heterocycles. The van der Waals surface area contributed by atoms with Gasteiger partial charge in [-0.05, 0) is 12.0 Å². The van der Waals surface area contributed by atoms with Crippen molar-refractivity contribution in [3.05, 3.63) is 35.9 Å². The minimum Gasteiger partial charge on any atom is -0.480 e. The van der Waals surface area contributed by atoms with Crippen LogP contribution in [0.25, 0.3) is 0 Å². The second-order valence-corrected chi connectivity index (χ2v) is 5.76. The second-order valence-electron chi connectivity index (χ2n) is 4.06. The molecule has 2 rings (SSSR count). The van der Waals surface area contributed by atoms with Crippen LogP contribution in [0.3, 0.4) is 0 Å². The molecule has 0 unspecified atom stereocenters. The van der Waals surface area contributed by atoms with Gasteiger partial charge >= 0.3 is 5.97 Å². The summed E-state index contributed by atoms with van der Waals surface area (Å²) in [5.74, 6) is -1.22. The first-order valence-electron chi connectivity index (χ1n) is 5.56. The summed E-state index contributed by atoms with van der Waals surface area (Å²) in [5, 5.41) is 9.12. The van der Waals surface area contributed by atoms with Crippen LogP contribution in [0, 0.1) is 0 Å². The van der Waals surface area contributed by atoms with Gasteiger partial charge in [-0.25, -0.2) is 0 Å². The lowest BCUT2D eigenvalue weighted by atomic mass is 10.1. The van der Waals surface area contributed by atoms with Crippen molar-refractivity contribution in [1.82, 2.24) is 9.03 Å². The SMILES string of the molecule is O=C(O)[C@H](NS(=O)(=O)N1CCC1)c1ccccc1. The van der Waals surface area contributed by atoms with Gasteiger partial charge in [-0.1, -0.05) is 30.3 Å². The van der Waals surface area contributed by atoms with Crippen LogP contribution in [0.1, 0.15) is 18.0 Å². The summed E-state index contributed by atoms with van der Waals surface area (Å²) in [4.78, 5) is 11.2. The first-order chi connectivity index (χ1) is 8.50. The summed E-state index contributed by atoms with van der Waals surface area (Å²) in [6.07, 6.45) is 0.810. The minimum atomic E-state index is -3.71. The average molecular weight is 270 g/mol. The summed E-state index contributed by atoms with van der Waals surface area (Å²) >= 11 is 0. The van der Waals surface area contributed by atoms with Crippen molar-refractivity contribution in [2.24, 2.45) is 0 Å². The Kier molecular flexibility index (Phi) is 3.65. The van der Waals surface area contributed by atoms with Gasteiger partial charge in [-0.2, -0.15) is 17.4 Å². The van der Waals surface area contributed by atoms with E-state index < -0.39 is 22.2 Å². The van der Waals surface area contributed by atoms with Crippen molar-refractivity contribution < 1.29 is 18.3 Å². The van der Waals surface area contributed by atoms with Crippen LogP contribution in [0.5, 0.6) is 0 Å². The van der Waals surface area contributed by atoms with E-state index >= 15 is 0 Å². The third-order valence-corrected chi connectivity index (χ3v) is 4.38. The highest BCUT2D eigenvalue weighted by molar-refractivity contribution is 7.87. The molecule has 2 N–H and O–H groups in total. The maximum atomic E-state index is 11.9. The molecule has 6 nitrogen and oxygen atoms in total. The Balaban J connectivity index is 2.20. The van der Waals surface area contributed by atoms with Crippen molar-refractivity contribution in [3.8, 4) is 0 Å². The smallest absolute Gasteiger partial charge is 0.326 e. The molecule has 1 saturated heterocycles. The molecule has 0 aromatic heterocycles. The van der Waals surface area contributed by atoms with Gasteiger partial charge in [0.1, 0.15) is 6.04 Å². The molecule has 18 heavy (non-hydrogen) atoms. The number of hydrogen-bond donors (Lipinski definition) is 2. The third kappa shape index (κ3) is 2.69. The van der Waals surface area contributed by atoms with E-state index in [4.69, 9.17) is 5.11 Å². The predicted molar refractivity (Wildman–Crippen MR) is 65.1 cm³/mol. The first-order valence-corrected chi connectivity index (χ1v) is 7.00. The number of nitrogens with zero attached hydrogens (tertiary/aromatic N) is 1. The molecular weight excluding hydrogens is 256 g/mol. The molecule has 1 fully saturated rings. The molecule has 1 aliphatic heterocycles. The zero-order valence-electron chi connectivity index (χ0n) is 9.61. The van der Waals surface area contributed by atoms with Gasteiger partial charge in [-0.15, -0.1) is 0 Å².